The van der Waals surface area contributed by atoms with E-state index >= 15 is 0 Å². The fourth-order valence-electron chi connectivity index (χ4n) is 1.51. The summed E-state index contributed by atoms with van der Waals surface area (Å²) in [7, 11) is 0. The molecular weight excluding hydrogens is 259 g/mol. The van der Waals surface area contributed by atoms with Gasteiger partial charge in [0.1, 0.15) is 5.15 Å². The molecule has 0 unspecified atom stereocenters. The van der Waals surface area contributed by atoms with Crippen LogP contribution in [0.1, 0.15) is 11.3 Å². The fraction of sp³-hybridized carbons (Fsp3) is 0.0909. The summed E-state index contributed by atoms with van der Waals surface area (Å²) in [5, 5.41) is 8.87. The summed E-state index contributed by atoms with van der Waals surface area (Å²) < 4.78 is 1.60. The predicted molar refractivity (Wildman–Crippen MR) is 70.1 cm³/mol. The highest BCUT2D eigenvalue weighted by atomic mass is 35.5. The van der Waals surface area contributed by atoms with Gasteiger partial charge in [-0.25, -0.2) is 4.68 Å². The van der Waals surface area contributed by atoms with Crippen molar-refractivity contribution >= 4 is 29.4 Å². The molecule has 1 heterocycles. The van der Waals surface area contributed by atoms with Crippen LogP contribution < -0.4 is 5.84 Å². The molecule has 0 spiro atoms. The molecule has 0 aliphatic heterocycles. The molecule has 88 valence electrons. The molecular formula is C11H10Cl2N4. The van der Waals surface area contributed by atoms with Gasteiger partial charge in [0.15, 0.2) is 0 Å². The van der Waals surface area contributed by atoms with Crippen molar-refractivity contribution in [1.29, 1.82) is 0 Å². The molecule has 0 radical (unpaired) electrons. The number of hydrogen-bond donors (Lipinski definition) is 1. The van der Waals surface area contributed by atoms with Crippen LogP contribution in [0.4, 0.5) is 0 Å². The van der Waals surface area contributed by atoms with Crippen LogP contribution in [0.2, 0.25) is 10.2 Å². The van der Waals surface area contributed by atoms with Crippen molar-refractivity contribution in [3.8, 4) is 5.69 Å². The van der Waals surface area contributed by atoms with E-state index in [-0.39, 0.29) is 0 Å². The second-order valence-corrected chi connectivity index (χ2v) is 4.25. The fourth-order valence-corrected chi connectivity index (χ4v) is 2.02. The largest absolute Gasteiger partial charge is 0.323 e. The Kier molecular flexibility index (Phi) is 3.36. The third-order valence-electron chi connectivity index (χ3n) is 2.30. The van der Waals surface area contributed by atoms with E-state index in [0.717, 1.165) is 11.4 Å². The van der Waals surface area contributed by atoms with Crippen LogP contribution in [-0.4, -0.2) is 16.0 Å². The van der Waals surface area contributed by atoms with E-state index < -0.39 is 0 Å². The maximum Gasteiger partial charge on any atom is 0.142 e. The maximum absolute atomic E-state index is 6.21. The Balaban J connectivity index is 2.57. The summed E-state index contributed by atoms with van der Waals surface area (Å²) in [6, 6.07) is 7.27. The Morgan fingerprint density at radius 3 is 2.82 bits per heavy atom. The first-order valence-corrected chi connectivity index (χ1v) is 5.63. The Morgan fingerprint density at radius 1 is 1.41 bits per heavy atom. The van der Waals surface area contributed by atoms with Crippen LogP contribution >= 0.6 is 23.2 Å². The van der Waals surface area contributed by atoms with Crippen molar-refractivity contribution in [2.24, 2.45) is 10.9 Å². The highest BCUT2D eigenvalue weighted by Gasteiger charge is 2.13. The lowest BCUT2D eigenvalue weighted by atomic mass is 10.3. The van der Waals surface area contributed by atoms with E-state index in [1.54, 1.807) is 16.8 Å². The van der Waals surface area contributed by atoms with Gasteiger partial charge in [0.05, 0.1) is 23.2 Å². The van der Waals surface area contributed by atoms with E-state index in [9.17, 15) is 0 Å². The van der Waals surface area contributed by atoms with Crippen LogP contribution in [-0.2, 0) is 0 Å². The molecule has 0 amide bonds. The number of aryl methyl sites for hydroxylation is 1. The monoisotopic (exact) mass is 268 g/mol. The molecule has 0 aliphatic carbocycles. The van der Waals surface area contributed by atoms with Crippen molar-refractivity contribution in [2.75, 3.05) is 0 Å². The lowest BCUT2D eigenvalue weighted by molar-refractivity contribution is 0.863. The van der Waals surface area contributed by atoms with E-state index in [1.165, 1.54) is 6.21 Å². The zero-order chi connectivity index (χ0) is 12.4. The molecule has 1 aromatic heterocycles. The Morgan fingerprint density at radius 2 is 2.18 bits per heavy atom. The van der Waals surface area contributed by atoms with Crippen LogP contribution in [0.3, 0.4) is 0 Å². The first-order chi connectivity index (χ1) is 8.13. The average molecular weight is 269 g/mol. The molecule has 0 fully saturated rings. The number of benzene rings is 1. The van der Waals surface area contributed by atoms with Gasteiger partial charge in [-0.15, -0.1) is 0 Å². The van der Waals surface area contributed by atoms with Gasteiger partial charge in [-0.05, 0) is 25.1 Å². The van der Waals surface area contributed by atoms with Gasteiger partial charge in [0.2, 0.25) is 0 Å². The van der Waals surface area contributed by atoms with E-state index in [4.69, 9.17) is 29.0 Å². The Labute approximate surface area is 109 Å². The molecule has 0 bridgehead atoms. The third kappa shape index (κ3) is 2.28. The summed E-state index contributed by atoms with van der Waals surface area (Å²) in [4.78, 5) is 0. The van der Waals surface area contributed by atoms with Crippen molar-refractivity contribution in [1.82, 2.24) is 9.78 Å². The number of hydrazone groups is 1. The molecule has 0 saturated heterocycles. The highest BCUT2D eigenvalue weighted by molar-refractivity contribution is 6.32. The van der Waals surface area contributed by atoms with E-state index in [2.05, 4.69) is 10.2 Å². The van der Waals surface area contributed by atoms with Crippen molar-refractivity contribution < 1.29 is 0 Å². The van der Waals surface area contributed by atoms with Gasteiger partial charge in [-0.3, -0.25) is 0 Å². The highest BCUT2D eigenvalue weighted by Crippen LogP contribution is 2.23. The second kappa shape index (κ2) is 4.77. The molecule has 17 heavy (non-hydrogen) atoms. The number of aromatic nitrogens is 2. The number of nitrogens with zero attached hydrogens (tertiary/aromatic N) is 3. The lowest BCUT2D eigenvalue weighted by Crippen LogP contribution is -1.96. The topological polar surface area (TPSA) is 56.2 Å². The van der Waals surface area contributed by atoms with E-state index in [0.29, 0.717) is 15.7 Å². The first kappa shape index (κ1) is 12.0. The maximum atomic E-state index is 6.21. The van der Waals surface area contributed by atoms with Crippen molar-refractivity contribution in [3.05, 3.63) is 45.7 Å². The van der Waals surface area contributed by atoms with Gasteiger partial charge in [-0.2, -0.15) is 10.2 Å². The Hall–Kier alpha value is -1.52. The van der Waals surface area contributed by atoms with Crippen LogP contribution in [0.5, 0.6) is 0 Å². The van der Waals surface area contributed by atoms with Crippen LogP contribution in [0, 0.1) is 6.92 Å². The minimum Gasteiger partial charge on any atom is -0.323 e. The zero-order valence-electron chi connectivity index (χ0n) is 9.06. The third-order valence-corrected chi connectivity index (χ3v) is 2.90. The SMILES string of the molecule is Cc1nn(-c2cccc(Cl)c2)c(Cl)c1/C=N\N. The summed E-state index contributed by atoms with van der Waals surface area (Å²) in [6.07, 6.45) is 1.48. The summed E-state index contributed by atoms with van der Waals surface area (Å²) in [5.41, 5.74) is 2.25. The summed E-state index contributed by atoms with van der Waals surface area (Å²) in [5.74, 6) is 5.12. The standard InChI is InChI=1S/C11H10Cl2N4/c1-7-10(6-15-14)11(13)17(16-7)9-4-2-3-8(12)5-9/h2-6H,14H2,1H3/b15-6-. The van der Waals surface area contributed by atoms with E-state index in [1.807, 2.05) is 19.1 Å². The molecule has 1 aromatic carbocycles. The Bertz CT molecular complexity index is 575. The normalized spacial score (nSPS) is 11.2. The molecule has 0 atom stereocenters. The van der Waals surface area contributed by atoms with Gasteiger partial charge in [0.25, 0.3) is 0 Å². The van der Waals surface area contributed by atoms with Crippen molar-refractivity contribution in [2.45, 2.75) is 6.92 Å². The molecule has 2 rings (SSSR count). The summed E-state index contributed by atoms with van der Waals surface area (Å²) >= 11 is 12.1. The molecule has 0 aliphatic rings. The molecule has 6 heteroatoms. The van der Waals surface area contributed by atoms with Crippen LogP contribution in [0.25, 0.3) is 5.69 Å². The van der Waals surface area contributed by atoms with Crippen LogP contribution in [0.15, 0.2) is 29.4 Å². The minimum atomic E-state index is 0.457. The number of hydrogen-bond acceptors (Lipinski definition) is 3. The van der Waals surface area contributed by atoms with Gasteiger partial charge in [-0.1, -0.05) is 29.3 Å². The van der Waals surface area contributed by atoms with Gasteiger partial charge >= 0.3 is 0 Å². The minimum absolute atomic E-state index is 0.457. The second-order valence-electron chi connectivity index (χ2n) is 3.46. The smallest absolute Gasteiger partial charge is 0.142 e. The molecule has 2 N–H and O–H groups in total. The number of rotatable bonds is 2. The predicted octanol–water partition coefficient (Wildman–Crippen LogP) is 2.78. The number of halogens is 2. The van der Waals surface area contributed by atoms with Crippen molar-refractivity contribution in [3.63, 3.8) is 0 Å². The van der Waals surface area contributed by atoms with Gasteiger partial charge < -0.3 is 5.84 Å². The van der Waals surface area contributed by atoms with Gasteiger partial charge in [0, 0.05) is 5.02 Å². The summed E-state index contributed by atoms with van der Waals surface area (Å²) in [6.45, 7) is 1.84. The lowest BCUT2D eigenvalue weighted by Gasteiger charge is -2.03. The molecule has 2 aromatic rings. The quantitative estimate of drug-likeness (QED) is 0.517. The number of nitrogens with two attached hydrogens (primary N) is 1. The molecule has 4 nitrogen and oxygen atoms in total. The molecule has 0 saturated carbocycles. The average Bonchev–Trinajstić information content (AvgIpc) is 2.57. The first-order valence-electron chi connectivity index (χ1n) is 4.88. The zero-order valence-corrected chi connectivity index (χ0v) is 10.6.